The third-order valence-corrected chi connectivity index (χ3v) is 7.64. The number of amides is 1. The lowest BCUT2D eigenvalue weighted by Crippen LogP contribution is -2.50. The molecule has 1 N–H and O–H groups in total. The zero-order valence-electron chi connectivity index (χ0n) is 19.9. The predicted octanol–water partition coefficient (Wildman–Crippen LogP) is 5.53. The van der Waals surface area contributed by atoms with E-state index in [9.17, 15) is 18.0 Å². The number of methoxy groups -OCH3 is 1. The van der Waals surface area contributed by atoms with Gasteiger partial charge in [0.2, 0.25) is 5.96 Å². The smallest absolute Gasteiger partial charge is 0.414 e. The number of carbonyl (C=O) groups is 1. The number of aliphatic imine (C=N–C) groups is 1. The van der Waals surface area contributed by atoms with Crippen LogP contribution in [0.15, 0.2) is 27.7 Å². The SMILES string of the molecule is COC1CCC2(CC1)Cc1ccc(Br)cc1C21CN(CC(F)(F)F)C(NC(=O)OC(C)(C)C)=N1. The Balaban J connectivity index is 1.78. The van der Waals surface area contributed by atoms with E-state index in [4.69, 9.17) is 14.5 Å². The Labute approximate surface area is 206 Å². The van der Waals surface area contributed by atoms with Gasteiger partial charge in [0, 0.05) is 17.0 Å². The lowest BCUT2D eigenvalue weighted by atomic mass is 9.61. The summed E-state index contributed by atoms with van der Waals surface area (Å²) < 4.78 is 52.5. The summed E-state index contributed by atoms with van der Waals surface area (Å²) in [4.78, 5) is 18.6. The fraction of sp³-hybridized carbons (Fsp3) is 0.667. The van der Waals surface area contributed by atoms with Crippen LogP contribution in [0.4, 0.5) is 18.0 Å². The molecular weight excluding hydrogens is 515 g/mol. The summed E-state index contributed by atoms with van der Waals surface area (Å²) in [5.41, 5.74) is -0.0353. The van der Waals surface area contributed by atoms with Gasteiger partial charge in [-0.05, 0) is 76.1 Å². The van der Waals surface area contributed by atoms with E-state index in [1.807, 2.05) is 18.2 Å². The number of benzene rings is 1. The maximum Gasteiger partial charge on any atom is 0.414 e. The number of fused-ring (bicyclic) bond motifs is 3. The van der Waals surface area contributed by atoms with Crippen molar-refractivity contribution in [2.75, 3.05) is 20.2 Å². The van der Waals surface area contributed by atoms with E-state index >= 15 is 0 Å². The van der Waals surface area contributed by atoms with Gasteiger partial charge in [-0.3, -0.25) is 5.32 Å². The highest BCUT2D eigenvalue weighted by atomic mass is 79.9. The number of rotatable bonds is 2. The zero-order chi connectivity index (χ0) is 24.9. The number of nitrogens with zero attached hydrogens (tertiary/aromatic N) is 2. The highest BCUT2D eigenvalue weighted by molar-refractivity contribution is 9.10. The molecule has 2 spiro atoms. The second-order valence-corrected chi connectivity index (χ2v) is 11.5. The van der Waals surface area contributed by atoms with Crippen molar-refractivity contribution in [2.45, 2.75) is 76.3 Å². The fourth-order valence-electron chi connectivity index (χ4n) is 5.77. The van der Waals surface area contributed by atoms with Crippen LogP contribution in [0.3, 0.4) is 0 Å². The summed E-state index contributed by atoms with van der Waals surface area (Å²) in [6.07, 6.45) is -1.22. The molecule has 1 aromatic rings. The van der Waals surface area contributed by atoms with Gasteiger partial charge >= 0.3 is 12.3 Å². The van der Waals surface area contributed by atoms with Crippen LogP contribution < -0.4 is 5.32 Å². The Kier molecular flexibility index (Phi) is 6.46. The molecule has 1 aliphatic heterocycles. The molecule has 1 fully saturated rings. The van der Waals surface area contributed by atoms with Crippen molar-refractivity contribution in [2.24, 2.45) is 10.4 Å². The third-order valence-electron chi connectivity index (χ3n) is 7.15. The minimum absolute atomic E-state index is 0.0404. The molecule has 0 radical (unpaired) electrons. The van der Waals surface area contributed by atoms with Crippen molar-refractivity contribution in [3.05, 3.63) is 33.8 Å². The number of hydrogen-bond donors (Lipinski definition) is 1. The van der Waals surface area contributed by atoms with Gasteiger partial charge in [0.25, 0.3) is 0 Å². The summed E-state index contributed by atoms with van der Waals surface area (Å²) >= 11 is 3.53. The number of hydrogen-bond acceptors (Lipinski definition) is 5. The number of guanidine groups is 1. The molecule has 1 saturated carbocycles. The minimum Gasteiger partial charge on any atom is -0.444 e. The first-order valence-electron chi connectivity index (χ1n) is 11.5. The van der Waals surface area contributed by atoms with Crippen molar-refractivity contribution < 1.29 is 27.4 Å². The summed E-state index contributed by atoms with van der Waals surface area (Å²) in [6.45, 7) is 3.94. The molecule has 1 amide bonds. The standard InChI is InChI=1S/C24H31BrF3N3O3/c1-21(2,3)34-20(32)29-19-30-23(13-31(19)14-24(26,27)28)18-11-16(25)6-5-15(18)12-22(23)9-7-17(33-4)8-10-22/h5-6,11,17H,7-10,12-14H2,1-4H3,(H,29,30,32). The molecule has 1 heterocycles. The van der Waals surface area contributed by atoms with E-state index in [1.165, 1.54) is 0 Å². The molecule has 0 bridgehead atoms. The average molecular weight is 546 g/mol. The normalized spacial score (nSPS) is 28.9. The van der Waals surface area contributed by atoms with E-state index in [0.717, 1.165) is 52.6 Å². The Hall–Kier alpha value is -1.81. The van der Waals surface area contributed by atoms with Gasteiger partial charge < -0.3 is 14.4 Å². The van der Waals surface area contributed by atoms with Crippen molar-refractivity contribution >= 4 is 28.0 Å². The second kappa shape index (κ2) is 8.69. The van der Waals surface area contributed by atoms with E-state index in [0.29, 0.717) is 0 Å². The number of halogens is 4. The first kappa shape index (κ1) is 25.3. The molecule has 4 rings (SSSR count). The number of alkyl halides is 3. The van der Waals surface area contributed by atoms with Gasteiger partial charge in [-0.25, -0.2) is 9.79 Å². The first-order chi connectivity index (χ1) is 15.8. The van der Waals surface area contributed by atoms with Crippen LogP contribution in [0, 0.1) is 5.41 Å². The predicted molar refractivity (Wildman–Crippen MR) is 126 cm³/mol. The Bertz CT molecular complexity index is 984. The molecule has 1 aromatic carbocycles. The van der Waals surface area contributed by atoms with Crippen LogP contribution in [0.5, 0.6) is 0 Å². The van der Waals surface area contributed by atoms with Crippen molar-refractivity contribution in [3.8, 4) is 0 Å². The molecule has 6 nitrogen and oxygen atoms in total. The summed E-state index contributed by atoms with van der Waals surface area (Å²) in [7, 11) is 1.70. The molecule has 3 aliphatic rings. The summed E-state index contributed by atoms with van der Waals surface area (Å²) in [5, 5.41) is 2.52. The maximum atomic E-state index is 13.6. The van der Waals surface area contributed by atoms with E-state index in [2.05, 4.69) is 21.2 Å². The lowest BCUT2D eigenvalue weighted by molar-refractivity contribution is -0.139. The van der Waals surface area contributed by atoms with Gasteiger partial charge in [0.05, 0.1) is 12.6 Å². The van der Waals surface area contributed by atoms with Gasteiger partial charge in [0.1, 0.15) is 17.7 Å². The largest absolute Gasteiger partial charge is 0.444 e. The van der Waals surface area contributed by atoms with Crippen molar-refractivity contribution in [1.29, 1.82) is 0 Å². The fourth-order valence-corrected chi connectivity index (χ4v) is 6.13. The average Bonchev–Trinajstić information content (AvgIpc) is 3.16. The molecule has 1 unspecified atom stereocenters. The Morgan fingerprint density at radius 1 is 1.26 bits per heavy atom. The number of nitrogens with one attached hydrogen (secondary N) is 1. The van der Waals surface area contributed by atoms with Gasteiger partial charge in [-0.1, -0.05) is 22.0 Å². The third kappa shape index (κ3) is 4.80. The summed E-state index contributed by atoms with van der Waals surface area (Å²) in [5.74, 6) is -0.0901. The molecule has 0 saturated heterocycles. The molecule has 0 aromatic heterocycles. The van der Waals surface area contributed by atoms with Crippen molar-refractivity contribution in [3.63, 3.8) is 0 Å². The first-order valence-corrected chi connectivity index (χ1v) is 12.3. The number of ether oxygens (including phenoxy) is 2. The molecular formula is C24H31BrF3N3O3. The highest BCUT2D eigenvalue weighted by Gasteiger charge is 2.62. The highest BCUT2D eigenvalue weighted by Crippen LogP contribution is 2.61. The number of alkyl carbamates (subject to hydrolysis) is 1. The molecule has 188 valence electrons. The molecule has 10 heteroatoms. The van der Waals surface area contributed by atoms with Crippen LogP contribution in [0.25, 0.3) is 0 Å². The van der Waals surface area contributed by atoms with Gasteiger partial charge in [-0.2, -0.15) is 13.2 Å². The second-order valence-electron chi connectivity index (χ2n) is 10.6. The van der Waals surface area contributed by atoms with E-state index in [1.54, 1.807) is 27.9 Å². The Morgan fingerprint density at radius 3 is 2.53 bits per heavy atom. The molecule has 34 heavy (non-hydrogen) atoms. The van der Waals surface area contributed by atoms with Gasteiger partial charge in [0.15, 0.2) is 0 Å². The van der Waals surface area contributed by atoms with Crippen LogP contribution in [0.2, 0.25) is 0 Å². The van der Waals surface area contributed by atoms with Crippen LogP contribution in [-0.2, 0) is 21.4 Å². The van der Waals surface area contributed by atoms with Crippen LogP contribution in [0.1, 0.15) is 57.6 Å². The topological polar surface area (TPSA) is 63.2 Å². The van der Waals surface area contributed by atoms with E-state index < -0.39 is 30.0 Å². The van der Waals surface area contributed by atoms with Gasteiger partial charge in [-0.15, -0.1) is 0 Å². The summed E-state index contributed by atoms with van der Waals surface area (Å²) in [6, 6.07) is 5.96. The monoisotopic (exact) mass is 545 g/mol. The minimum atomic E-state index is -4.46. The molecule has 2 aliphatic carbocycles. The van der Waals surface area contributed by atoms with Crippen molar-refractivity contribution in [1.82, 2.24) is 10.2 Å². The maximum absolute atomic E-state index is 13.6. The molecule has 1 atom stereocenters. The van der Waals surface area contributed by atoms with E-state index in [-0.39, 0.29) is 24.0 Å². The Morgan fingerprint density at radius 2 is 1.94 bits per heavy atom. The number of carbonyl (C=O) groups excluding carboxylic acids is 1. The zero-order valence-corrected chi connectivity index (χ0v) is 21.5. The quantitative estimate of drug-likeness (QED) is 0.530. The van der Waals surface area contributed by atoms with Crippen LogP contribution >= 0.6 is 15.9 Å². The van der Waals surface area contributed by atoms with Crippen LogP contribution in [-0.4, -0.2) is 55.0 Å². The lowest BCUT2D eigenvalue weighted by Gasteiger charge is -2.46.